The van der Waals surface area contributed by atoms with Gasteiger partial charge < -0.3 is 20.6 Å². The Bertz CT molecular complexity index is 972. The van der Waals surface area contributed by atoms with Gasteiger partial charge in [-0.25, -0.2) is 9.37 Å². The number of likely N-dealkylation sites (N-methyl/N-ethyl adjacent to an activating group) is 1. The first-order valence-electron chi connectivity index (χ1n) is 11.9. The van der Waals surface area contributed by atoms with E-state index in [4.69, 9.17) is 5.73 Å². The largest absolute Gasteiger partial charge is 0.394 e. The number of amides is 1. The Hall–Kier alpha value is -2.69. The Morgan fingerprint density at radius 3 is 2.41 bits per heavy atom. The van der Waals surface area contributed by atoms with Crippen molar-refractivity contribution >= 4 is 11.9 Å². The summed E-state index contributed by atoms with van der Waals surface area (Å²) in [6.45, 7) is 2.78. The number of primary amides is 1. The average Bonchev–Trinajstić information content (AvgIpc) is 2.85. The number of carbonyl (C=O) groups excluding carboxylic acids is 1. The van der Waals surface area contributed by atoms with Gasteiger partial charge in [0.25, 0.3) is 0 Å². The third-order valence-electron chi connectivity index (χ3n) is 7.62. The molecule has 0 spiro atoms. The van der Waals surface area contributed by atoms with Crippen LogP contribution in [0.2, 0.25) is 0 Å². The van der Waals surface area contributed by atoms with Crippen LogP contribution in [0.4, 0.5) is 10.3 Å². The second-order valence-electron chi connectivity index (χ2n) is 9.63. The van der Waals surface area contributed by atoms with Gasteiger partial charge in [0.05, 0.1) is 24.5 Å². The molecule has 1 saturated carbocycles. The normalized spacial score (nSPS) is 24.9. The molecule has 9 nitrogen and oxygen atoms in total. The molecule has 1 atom stereocenters. The summed E-state index contributed by atoms with van der Waals surface area (Å²) in [6, 6.07) is 5.82. The minimum absolute atomic E-state index is 0.123. The highest BCUT2D eigenvalue weighted by Gasteiger charge is 2.42. The maximum atomic E-state index is 13.2. The standard InChI is InChI=1S/C24H34FN7O2/c1-30(2)24(16-33)9-7-18(8-10-24)21(22(26)34)31-11-13-32(14-12-31)23-28-20(15-27-29-23)17-3-5-19(25)6-4-17/h3-6,15,18,21,33H,7-14,16H2,1-2H3,(H2,26,34)/t18-,21?,24-. The SMILES string of the molecule is CN(C)[C@]1(CO)CC[C@@H](C(C(N)=O)N2CCN(c3nncc(-c4ccc(F)cc4)n3)CC2)CC1. The fourth-order valence-electron chi connectivity index (χ4n) is 5.34. The lowest BCUT2D eigenvalue weighted by Gasteiger charge is -2.47. The Balaban J connectivity index is 1.40. The van der Waals surface area contributed by atoms with Gasteiger partial charge in [-0.1, -0.05) is 0 Å². The van der Waals surface area contributed by atoms with E-state index in [0.717, 1.165) is 31.2 Å². The highest BCUT2D eigenvalue weighted by atomic mass is 19.1. The monoisotopic (exact) mass is 471 g/mol. The van der Waals surface area contributed by atoms with Gasteiger partial charge >= 0.3 is 0 Å². The molecule has 1 aliphatic heterocycles. The van der Waals surface area contributed by atoms with Crippen molar-refractivity contribution in [2.45, 2.75) is 37.3 Å². The summed E-state index contributed by atoms with van der Waals surface area (Å²) in [5.74, 6) is 0.126. The molecule has 3 N–H and O–H groups in total. The summed E-state index contributed by atoms with van der Waals surface area (Å²) in [7, 11) is 4.01. The zero-order valence-electron chi connectivity index (χ0n) is 19.9. The number of rotatable bonds is 7. The predicted molar refractivity (Wildman–Crippen MR) is 127 cm³/mol. The van der Waals surface area contributed by atoms with Crippen LogP contribution in [-0.4, -0.2) is 94.5 Å². The van der Waals surface area contributed by atoms with Crippen molar-refractivity contribution in [2.75, 3.05) is 51.8 Å². The van der Waals surface area contributed by atoms with Crippen molar-refractivity contribution in [3.63, 3.8) is 0 Å². The number of nitrogens with two attached hydrogens (primary N) is 1. The molecule has 1 unspecified atom stereocenters. The number of aliphatic hydroxyl groups excluding tert-OH is 1. The first-order chi connectivity index (χ1) is 16.3. The molecule has 1 aliphatic carbocycles. The first-order valence-corrected chi connectivity index (χ1v) is 11.9. The second-order valence-corrected chi connectivity index (χ2v) is 9.63. The van der Waals surface area contributed by atoms with Crippen molar-refractivity contribution in [3.05, 3.63) is 36.3 Å². The zero-order valence-corrected chi connectivity index (χ0v) is 19.9. The van der Waals surface area contributed by atoms with Crippen LogP contribution in [0.5, 0.6) is 0 Å². The van der Waals surface area contributed by atoms with Crippen LogP contribution in [0.15, 0.2) is 30.5 Å². The van der Waals surface area contributed by atoms with Gasteiger partial charge in [0.2, 0.25) is 11.9 Å². The van der Waals surface area contributed by atoms with Gasteiger partial charge in [-0.3, -0.25) is 9.69 Å². The van der Waals surface area contributed by atoms with Crippen LogP contribution >= 0.6 is 0 Å². The van der Waals surface area contributed by atoms with E-state index in [0.29, 0.717) is 37.8 Å². The molecule has 1 aromatic heterocycles. The highest BCUT2D eigenvalue weighted by Crippen LogP contribution is 2.38. The number of anilines is 1. The number of aromatic nitrogens is 3. The van der Waals surface area contributed by atoms with Crippen LogP contribution in [0, 0.1) is 11.7 Å². The number of hydrogen-bond acceptors (Lipinski definition) is 8. The molecule has 34 heavy (non-hydrogen) atoms. The van der Waals surface area contributed by atoms with Crippen molar-refractivity contribution < 1.29 is 14.3 Å². The minimum Gasteiger partial charge on any atom is -0.394 e. The minimum atomic E-state index is -0.314. The quantitative estimate of drug-likeness (QED) is 0.618. The molecular formula is C24H34FN7O2. The van der Waals surface area contributed by atoms with Crippen LogP contribution in [-0.2, 0) is 4.79 Å². The lowest BCUT2D eigenvalue weighted by atomic mass is 9.73. The lowest BCUT2D eigenvalue weighted by Crippen LogP contribution is -2.59. The van der Waals surface area contributed by atoms with Crippen molar-refractivity contribution in [2.24, 2.45) is 11.7 Å². The molecular weight excluding hydrogens is 437 g/mol. The molecule has 10 heteroatoms. The summed E-state index contributed by atoms with van der Waals surface area (Å²) >= 11 is 0. The number of benzene rings is 1. The third kappa shape index (κ3) is 5.03. The van der Waals surface area contributed by atoms with Crippen molar-refractivity contribution in [1.29, 1.82) is 0 Å². The summed E-state index contributed by atoms with van der Waals surface area (Å²) in [5.41, 5.74) is 7.09. The molecule has 1 saturated heterocycles. The summed E-state index contributed by atoms with van der Waals surface area (Å²) in [4.78, 5) is 23.5. The second kappa shape index (κ2) is 10.3. The molecule has 0 radical (unpaired) electrons. The van der Waals surface area contributed by atoms with Crippen LogP contribution in [0.25, 0.3) is 11.3 Å². The van der Waals surface area contributed by atoms with E-state index >= 15 is 0 Å². The van der Waals surface area contributed by atoms with Crippen LogP contribution in [0.1, 0.15) is 25.7 Å². The number of nitrogens with zero attached hydrogens (tertiary/aromatic N) is 6. The number of aliphatic hydroxyl groups is 1. The molecule has 0 bridgehead atoms. The van der Waals surface area contributed by atoms with E-state index in [9.17, 15) is 14.3 Å². The molecule has 2 heterocycles. The zero-order chi connectivity index (χ0) is 24.3. The molecule has 4 rings (SSSR count). The van der Waals surface area contributed by atoms with E-state index < -0.39 is 0 Å². The lowest BCUT2D eigenvalue weighted by molar-refractivity contribution is -0.126. The Morgan fingerprint density at radius 2 is 1.85 bits per heavy atom. The van der Waals surface area contributed by atoms with Crippen LogP contribution in [0.3, 0.4) is 0 Å². The van der Waals surface area contributed by atoms with Crippen molar-refractivity contribution in [1.82, 2.24) is 25.0 Å². The third-order valence-corrected chi connectivity index (χ3v) is 7.62. The van der Waals surface area contributed by atoms with Gasteiger partial charge in [-0.2, -0.15) is 5.10 Å². The number of piperazine rings is 1. The maximum Gasteiger partial charge on any atom is 0.245 e. The number of hydrogen-bond donors (Lipinski definition) is 2. The van der Waals surface area contributed by atoms with E-state index in [1.165, 1.54) is 12.1 Å². The van der Waals surface area contributed by atoms with Gasteiger partial charge in [0.15, 0.2) is 0 Å². The van der Waals surface area contributed by atoms with Gasteiger partial charge in [-0.15, -0.1) is 5.10 Å². The molecule has 1 aromatic carbocycles. The van der Waals surface area contributed by atoms with Crippen molar-refractivity contribution in [3.8, 4) is 11.3 Å². The van der Waals surface area contributed by atoms with E-state index in [2.05, 4.69) is 29.9 Å². The highest BCUT2D eigenvalue weighted by molar-refractivity contribution is 5.80. The molecule has 2 fully saturated rings. The Morgan fingerprint density at radius 1 is 1.21 bits per heavy atom. The van der Waals surface area contributed by atoms with Gasteiger partial charge in [-0.05, 0) is 70.0 Å². The molecule has 2 aliphatic rings. The Kier molecular flexibility index (Phi) is 7.39. The predicted octanol–water partition coefficient (Wildman–Crippen LogP) is 1.14. The smallest absolute Gasteiger partial charge is 0.245 e. The summed E-state index contributed by atoms with van der Waals surface area (Å²) in [5, 5.41) is 18.2. The van der Waals surface area contributed by atoms with E-state index in [1.54, 1.807) is 18.3 Å². The fourth-order valence-corrected chi connectivity index (χ4v) is 5.34. The van der Waals surface area contributed by atoms with Gasteiger partial charge in [0.1, 0.15) is 5.82 Å². The van der Waals surface area contributed by atoms with E-state index in [1.807, 2.05) is 14.1 Å². The topological polar surface area (TPSA) is 112 Å². The van der Waals surface area contributed by atoms with Gasteiger partial charge in [0, 0.05) is 37.3 Å². The summed E-state index contributed by atoms with van der Waals surface area (Å²) in [6.07, 6.45) is 4.99. The number of halogens is 1. The average molecular weight is 472 g/mol. The fraction of sp³-hybridized carbons (Fsp3) is 0.583. The first kappa shape index (κ1) is 24.4. The van der Waals surface area contributed by atoms with E-state index in [-0.39, 0.29) is 35.8 Å². The maximum absolute atomic E-state index is 13.2. The summed E-state index contributed by atoms with van der Waals surface area (Å²) < 4.78 is 13.2. The van der Waals surface area contributed by atoms with Crippen LogP contribution < -0.4 is 10.6 Å². The number of carbonyl (C=O) groups is 1. The molecule has 2 aromatic rings. The Labute approximate surface area is 199 Å². The molecule has 1 amide bonds. The molecule has 184 valence electrons.